The molecule has 1 atom stereocenters. The van der Waals surface area contributed by atoms with Crippen molar-refractivity contribution < 1.29 is 13.8 Å². The van der Waals surface area contributed by atoms with E-state index in [0.29, 0.717) is 16.1 Å². The fourth-order valence-electron chi connectivity index (χ4n) is 1.95. The van der Waals surface area contributed by atoms with Crippen LogP contribution in [0.15, 0.2) is 53.4 Å². The van der Waals surface area contributed by atoms with Crippen molar-refractivity contribution in [3.63, 3.8) is 0 Å². The average Bonchev–Trinajstić information content (AvgIpc) is 2.54. The Morgan fingerprint density at radius 2 is 1.57 bits per heavy atom. The average molecular weight is 330 g/mol. The molecular formula is C17H18N2O3S. The van der Waals surface area contributed by atoms with Crippen molar-refractivity contribution in [3.8, 4) is 0 Å². The lowest BCUT2D eigenvalue weighted by Crippen LogP contribution is -2.22. The number of rotatable bonds is 4. The minimum absolute atomic E-state index is 0.0600. The number of carbonyl (C=O) groups excluding carboxylic acids is 2. The number of nitrogens with one attached hydrogen (secondary N) is 1. The SMILES string of the molecule is CC(=O)N(C)c1ccc(NC(=O)c2ccc(S(C)=O)cc2)cc1. The molecule has 0 radical (unpaired) electrons. The van der Waals surface area contributed by atoms with Gasteiger partial charge in [-0.15, -0.1) is 0 Å². The van der Waals surface area contributed by atoms with Crippen molar-refractivity contribution in [2.75, 3.05) is 23.5 Å². The molecule has 0 heterocycles. The highest BCUT2D eigenvalue weighted by Crippen LogP contribution is 2.18. The second-order valence-corrected chi connectivity index (χ2v) is 6.44. The van der Waals surface area contributed by atoms with Gasteiger partial charge in [-0.3, -0.25) is 13.8 Å². The summed E-state index contributed by atoms with van der Waals surface area (Å²) in [6.07, 6.45) is 1.59. The van der Waals surface area contributed by atoms with E-state index >= 15 is 0 Å². The van der Waals surface area contributed by atoms with Crippen LogP contribution in [0, 0.1) is 0 Å². The second kappa shape index (κ2) is 7.19. The van der Waals surface area contributed by atoms with Crippen molar-refractivity contribution in [3.05, 3.63) is 54.1 Å². The quantitative estimate of drug-likeness (QED) is 0.937. The normalized spacial score (nSPS) is 11.6. The number of hydrogen-bond acceptors (Lipinski definition) is 3. The Bertz CT molecular complexity index is 739. The molecule has 5 nitrogen and oxygen atoms in total. The zero-order chi connectivity index (χ0) is 17.0. The molecule has 2 rings (SSSR count). The topological polar surface area (TPSA) is 66.5 Å². The lowest BCUT2D eigenvalue weighted by Gasteiger charge is -2.15. The molecule has 0 aliphatic heterocycles. The standard InChI is InChI=1S/C17H18N2O3S/c1-12(20)19(2)15-8-6-14(7-9-15)18-17(21)13-4-10-16(11-5-13)23(3)22/h4-11H,1-3H3,(H,18,21). The van der Waals surface area contributed by atoms with Crippen molar-refractivity contribution in [2.45, 2.75) is 11.8 Å². The van der Waals surface area contributed by atoms with Gasteiger partial charge < -0.3 is 10.2 Å². The number of anilines is 2. The molecule has 0 spiro atoms. The summed E-state index contributed by atoms with van der Waals surface area (Å²) in [5, 5.41) is 2.78. The molecule has 0 saturated carbocycles. The van der Waals surface area contributed by atoms with Gasteiger partial charge in [-0.2, -0.15) is 0 Å². The van der Waals surface area contributed by atoms with Gasteiger partial charge in [0.25, 0.3) is 5.91 Å². The first kappa shape index (κ1) is 16.9. The number of benzene rings is 2. The second-order valence-electron chi connectivity index (χ2n) is 5.06. The van der Waals surface area contributed by atoms with Crippen LogP contribution in [-0.2, 0) is 15.6 Å². The van der Waals surface area contributed by atoms with Gasteiger partial charge in [0.05, 0.1) is 0 Å². The fourth-order valence-corrected chi connectivity index (χ4v) is 2.47. The molecule has 1 unspecified atom stereocenters. The van der Waals surface area contributed by atoms with Crippen LogP contribution in [0.3, 0.4) is 0 Å². The molecule has 6 heteroatoms. The molecule has 0 aliphatic rings. The largest absolute Gasteiger partial charge is 0.322 e. The summed E-state index contributed by atoms with van der Waals surface area (Å²) in [6, 6.07) is 13.6. The Hall–Kier alpha value is -2.47. The zero-order valence-electron chi connectivity index (χ0n) is 13.2. The molecule has 0 aromatic heterocycles. The highest BCUT2D eigenvalue weighted by molar-refractivity contribution is 7.84. The Labute approximate surface area is 137 Å². The summed E-state index contributed by atoms with van der Waals surface area (Å²) in [4.78, 5) is 25.7. The minimum Gasteiger partial charge on any atom is -0.322 e. The van der Waals surface area contributed by atoms with Crippen LogP contribution in [0.1, 0.15) is 17.3 Å². The first-order chi connectivity index (χ1) is 10.9. The number of nitrogens with zero attached hydrogens (tertiary/aromatic N) is 1. The number of carbonyl (C=O) groups is 2. The summed E-state index contributed by atoms with van der Waals surface area (Å²) in [5.74, 6) is -0.304. The first-order valence-corrected chi connectivity index (χ1v) is 8.53. The van der Waals surface area contributed by atoms with E-state index in [-0.39, 0.29) is 11.8 Å². The van der Waals surface area contributed by atoms with E-state index in [9.17, 15) is 13.8 Å². The lowest BCUT2D eigenvalue weighted by molar-refractivity contribution is -0.116. The van der Waals surface area contributed by atoms with E-state index in [1.807, 2.05) is 0 Å². The van der Waals surface area contributed by atoms with Crippen LogP contribution in [0.5, 0.6) is 0 Å². The van der Waals surface area contributed by atoms with E-state index in [0.717, 1.165) is 5.69 Å². The summed E-state index contributed by atoms with van der Waals surface area (Å²) in [6.45, 7) is 1.49. The number of amides is 2. The monoisotopic (exact) mass is 330 g/mol. The van der Waals surface area contributed by atoms with Crippen molar-refractivity contribution in [2.24, 2.45) is 0 Å². The molecule has 120 valence electrons. The molecule has 0 aliphatic carbocycles. The van der Waals surface area contributed by atoms with Gasteiger partial charge in [-0.05, 0) is 48.5 Å². The maximum absolute atomic E-state index is 12.2. The summed E-state index contributed by atoms with van der Waals surface area (Å²) >= 11 is 0. The summed E-state index contributed by atoms with van der Waals surface area (Å²) < 4.78 is 11.3. The van der Waals surface area contributed by atoms with Gasteiger partial charge in [0.1, 0.15) is 0 Å². The molecule has 2 aromatic carbocycles. The third kappa shape index (κ3) is 4.26. The van der Waals surface area contributed by atoms with Gasteiger partial charge >= 0.3 is 0 Å². The molecule has 0 saturated heterocycles. The predicted molar refractivity (Wildman–Crippen MR) is 92.3 cm³/mol. The van der Waals surface area contributed by atoms with E-state index in [2.05, 4.69) is 5.32 Å². The third-order valence-corrected chi connectivity index (χ3v) is 4.37. The molecule has 23 heavy (non-hydrogen) atoms. The maximum atomic E-state index is 12.2. The first-order valence-electron chi connectivity index (χ1n) is 6.97. The Balaban J connectivity index is 2.08. The van der Waals surface area contributed by atoms with Crippen LogP contribution in [0.4, 0.5) is 11.4 Å². The molecule has 2 aromatic rings. The third-order valence-electron chi connectivity index (χ3n) is 3.43. The predicted octanol–water partition coefficient (Wildman–Crippen LogP) is 2.66. The maximum Gasteiger partial charge on any atom is 0.255 e. The smallest absolute Gasteiger partial charge is 0.255 e. The van der Waals surface area contributed by atoms with Gasteiger partial charge in [0.2, 0.25) is 5.91 Å². The highest BCUT2D eigenvalue weighted by Gasteiger charge is 2.08. The van der Waals surface area contributed by atoms with Crippen LogP contribution in [0.2, 0.25) is 0 Å². The Kier molecular flexibility index (Phi) is 5.28. The van der Waals surface area contributed by atoms with Gasteiger partial charge in [-0.1, -0.05) is 0 Å². The van der Waals surface area contributed by atoms with E-state index in [1.54, 1.807) is 61.8 Å². The van der Waals surface area contributed by atoms with Crippen molar-refractivity contribution in [1.82, 2.24) is 0 Å². The van der Waals surface area contributed by atoms with Crippen molar-refractivity contribution >= 4 is 34.0 Å². The fraction of sp³-hybridized carbons (Fsp3) is 0.176. The lowest BCUT2D eigenvalue weighted by atomic mass is 10.2. The van der Waals surface area contributed by atoms with E-state index in [4.69, 9.17) is 0 Å². The van der Waals surface area contributed by atoms with Crippen LogP contribution >= 0.6 is 0 Å². The zero-order valence-corrected chi connectivity index (χ0v) is 14.0. The number of hydrogen-bond donors (Lipinski definition) is 1. The Morgan fingerprint density at radius 1 is 1.00 bits per heavy atom. The van der Waals surface area contributed by atoms with Gasteiger partial charge in [0.15, 0.2) is 0 Å². The molecule has 0 bridgehead atoms. The molecule has 1 N–H and O–H groups in total. The van der Waals surface area contributed by atoms with Gasteiger partial charge in [0, 0.05) is 52.9 Å². The minimum atomic E-state index is -1.06. The summed E-state index contributed by atoms with van der Waals surface area (Å²) in [5.41, 5.74) is 1.88. The van der Waals surface area contributed by atoms with Crippen molar-refractivity contribution in [1.29, 1.82) is 0 Å². The van der Waals surface area contributed by atoms with Crippen LogP contribution in [0.25, 0.3) is 0 Å². The van der Waals surface area contributed by atoms with Crippen LogP contribution in [-0.4, -0.2) is 29.3 Å². The van der Waals surface area contributed by atoms with Crippen LogP contribution < -0.4 is 10.2 Å². The summed E-state index contributed by atoms with van der Waals surface area (Å²) in [7, 11) is 0.626. The molecular weight excluding hydrogens is 312 g/mol. The highest BCUT2D eigenvalue weighted by atomic mass is 32.2. The van der Waals surface area contributed by atoms with Gasteiger partial charge in [-0.25, -0.2) is 0 Å². The molecule has 2 amide bonds. The van der Waals surface area contributed by atoms with E-state index < -0.39 is 10.8 Å². The van der Waals surface area contributed by atoms with E-state index in [1.165, 1.54) is 11.8 Å². The Morgan fingerprint density at radius 3 is 2.04 bits per heavy atom. The molecule has 0 fully saturated rings.